The van der Waals surface area contributed by atoms with Crippen LogP contribution in [0, 0.1) is 11.7 Å². The van der Waals surface area contributed by atoms with Crippen molar-refractivity contribution in [2.75, 3.05) is 6.61 Å². The van der Waals surface area contributed by atoms with E-state index in [1.807, 2.05) is 0 Å². The molecule has 1 aliphatic rings. The molecular formula is C12H14FNO. The van der Waals surface area contributed by atoms with E-state index in [1.54, 1.807) is 18.2 Å². The van der Waals surface area contributed by atoms with Gasteiger partial charge >= 0.3 is 0 Å². The zero-order valence-corrected chi connectivity index (χ0v) is 8.90. The standard InChI is InChI=1S/C12H14FNO/c1-8(2)11-7-15-12(14-11)9-5-3-4-6-10(9)13/h3-6,8,11H,7H2,1-2H3. The second-order valence-electron chi connectivity index (χ2n) is 4.04. The fourth-order valence-electron chi connectivity index (χ4n) is 1.51. The molecule has 1 aromatic rings. The van der Waals surface area contributed by atoms with E-state index in [0.29, 0.717) is 24.0 Å². The van der Waals surface area contributed by atoms with Gasteiger partial charge < -0.3 is 4.74 Å². The first-order chi connectivity index (χ1) is 7.18. The third-order valence-electron chi connectivity index (χ3n) is 2.55. The van der Waals surface area contributed by atoms with Gasteiger partial charge in [0.25, 0.3) is 0 Å². The second kappa shape index (κ2) is 4.01. The smallest absolute Gasteiger partial charge is 0.219 e. The summed E-state index contributed by atoms with van der Waals surface area (Å²) in [7, 11) is 0. The zero-order valence-electron chi connectivity index (χ0n) is 8.90. The molecule has 1 unspecified atom stereocenters. The summed E-state index contributed by atoms with van der Waals surface area (Å²) in [6.07, 6.45) is 0. The lowest BCUT2D eigenvalue weighted by atomic mass is 10.1. The minimum Gasteiger partial charge on any atom is -0.475 e. The molecule has 0 fully saturated rings. The Hall–Kier alpha value is -1.38. The molecule has 1 heterocycles. The van der Waals surface area contributed by atoms with Crippen molar-refractivity contribution in [1.82, 2.24) is 0 Å². The molecular weight excluding hydrogens is 193 g/mol. The van der Waals surface area contributed by atoms with Gasteiger partial charge in [0, 0.05) is 0 Å². The summed E-state index contributed by atoms with van der Waals surface area (Å²) in [6, 6.07) is 6.71. The highest BCUT2D eigenvalue weighted by Gasteiger charge is 2.23. The van der Waals surface area contributed by atoms with Crippen LogP contribution in [0.2, 0.25) is 0 Å². The van der Waals surface area contributed by atoms with E-state index in [-0.39, 0.29) is 11.9 Å². The van der Waals surface area contributed by atoms with E-state index in [4.69, 9.17) is 4.74 Å². The van der Waals surface area contributed by atoms with Crippen LogP contribution in [0.1, 0.15) is 19.4 Å². The molecule has 1 aliphatic heterocycles. The van der Waals surface area contributed by atoms with Gasteiger partial charge in [0.2, 0.25) is 5.90 Å². The predicted octanol–water partition coefficient (Wildman–Crippen LogP) is 2.63. The van der Waals surface area contributed by atoms with Crippen LogP contribution in [0.25, 0.3) is 0 Å². The fourth-order valence-corrected chi connectivity index (χ4v) is 1.51. The van der Waals surface area contributed by atoms with Gasteiger partial charge in [0.15, 0.2) is 0 Å². The maximum absolute atomic E-state index is 13.4. The van der Waals surface area contributed by atoms with Crippen LogP contribution in [0.15, 0.2) is 29.3 Å². The van der Waals surface area contributed by atoms with E-state index >= 15 is 0 Å². The molecule has 0 aromatic heterocycles. The highest BCUT2D eigenvalue weighted by molar-refractivity contribution is 5.95. The second-order valence-corrected chi connectivity index (χ2v) is 4.04. The topological polar surface area (TPSA) is 21.6 Å². The summed E-state index contributed by atoms with van der Waals surface area (Å²) in [6.45, 7) is 4.73. The first-order valence-electron chi connectivity index (χ1n) is 5.14. The van der Waals surface area contributed by atoms with E-state index in [0.717, 1.165) is 0 Å². The van der Waals surface area contributed by atoms with Gasteiger partial charge in [0.1, 0.15) is 12.4 Å². The van der Waals surface area contributed by atoms with Gasteiger partial charge in [-0.05, 0) is 18.1 Å². The Morgan fingerprint density at radius 3 is 2.73 bits per heavy atom. The lowest BCUT2D eigenvalue weighted by Gasteiger charge is -2.06. The number of nitrogens with zero attached hydrogens (tertiary/aromatic N) is 1. The third kappa shape index (κ3) is 2.01. The average molecular weight is 207 g/mol. The number of hydrogen-bond acceptors (Lipinski definition) is 2. The summed E-state index contributed by atoms with van der Waals surface area (Å²) in [5, 5.41) is 0. The Balaban J connectivity index is 2.27. The Morgan fingerprint density at radius 2 is 2.13 bits per heavy atom. The van der Waals surface area contributed by atoms with Crippen LogP contribution in [0.5, 0.6) is 0 Å². The highest BCUT2D eigenvalue weighted by Crippen LogP contribution is 2.18. The van der Waals surface area contributed by atoms with Gasteiger partial charge in [0.05, 0.1) is 11.6 Å². The number of benzene rings is 1. The molecule has 0 spiro atoms. The average Bonchev–Trinajstić information content (AvgIpc) is 2.67. The van der Waals surface area contributed by atoms with Gasteiger partial charge in [-0.15, -0.1) is 0 Å². The summed E-state index contributed by atoms with van der Waals surface area (Å²) in [5.41, 5.74) is 0.459. The van der Waals surface area contributed by atoms with Crippen molar-refractivity contribution in [3.63, 3.8) is 0 Å². The minimum atomic E-state index is -0.277. The molecule has 0 saturated carbocycles. The number of hydrogen-bond donors (Lipinski definition) is 0. The van der Waals surface area contributed by atoms with Crippen LogP contribution in [-0.2, 0) is 4.74 Å². The molecule has 2 nitrogen and oxygen atoms in total. The van der Waals surface area contributed by atoms with Crippen LogP contribution < -0.4 is 0 Å². The summed E-state index contributed by atoms with van der Waals surface area (Å²) < 4.78 is 18.8. The van der Waals surface area contributed by atoms with Crippen LogP contribution in [0.4, 0.5) is 4.39 Å². The van der Waals surface area contributed by atoms with Crippen molar-refractivity contribution in [2.45, 2.75) is 19.9 Å². The Morgan fingerprint density at radius 1 is 1.40 bits per heavy atom. The molecule has 1 atom stereocenters. The van der Waals surface area contributed by atoms with E-state index in [2.05, 4.69) is 18.8 Å². The van der Waals surface area contributed by atoms with Gasteiger partial charge in [-0.1, -0.05) is 26.0 Å². The monoisotopic (exact) mass is 207 g/mol. The summed E-state index contributed by atoms with van der Waals surface area (Å²) in [4.78, 5) is 4.37. The number of ether oxygens (including phenoxy) is 1. The zero-order chi connectivity index (χ0) is 10.8. The SMILES string of the molecule is CC(C)C1COC(c2ccccc2F)=N1. The first-order valence-corrected chi connectivity index (χ1v) is 5.14. The predicted molar refractivity (Wildman–Crippen MR) is 57.5 cm³/mol. The first kappa shape index (κ1) is 10.1. The van der Waals surface area contributed by atoms with Crippen molar-refractivity contribution in [1.29, 1.82) is 0 Å². The van der Waals surface area contributed by atoms with Gasteiger partial charge in [-0.2, -0.15) is 0 Å². The van der Waals surface area contributed by atoms with Crippen LogP contribution in [-0.4, -0.2) is 18.5 Å². The van der Waals surface area contributed by atoms with E-state index in [1.165, 1.54) is 6.07 Å². The minimum absolute atomic E-state index is 0.152. The molecule has 1 aromatic carbocycles. The molecule has 2 rings (SSSR count). The summed E-state index contributed by atoms with van der Waals surface area (Å²) >= 11 is 0. The molecule has 0 N–H and O–H groups in total. The Kier molecular flexibility index (Phi) is 2.71. The highest BCUT2D eigenvalue weighted by atomic mass is 19.1. The Bertz CT molecular complexity index is 387. The molecule has 80 valence electrons. The van der Waals surface area contributed by atoms with Crippen molar-refractivity contribution < 1.29 is 9.13 Å². The van der Waals surface area contributed by atoms with Crippen LogP contribution >= 0.6 is 0 Å². The maximum atomic E-state index is 13.4. The molecule has 15 heavy (non-hydrogen) atoms. The van der Waals surface area contributed by atoms with Gasteiger partial charge in [-0.25, -0.2) is 9.38 Å². The van der Waals surface area contributed by atoms with Crippen molar-refractivity contribution in [3.8, 4) is 0 Å². The largest absolute Gasteiger partial charge is 0.475 e. The fraction of sp³-hybridized carbons (Fsp3) is 0.417. The van der Waals surface area contributed by atoms with E-state index < -0.39 is 0 Å². The molecule has 3 heteroatoms. The molecule has 0 bridgehead atoms. The van der Waals surface area contributed by atoms with Crippen molar-refractivity contribution in [2.24, 2.45) is 10.9 Å². The molecule has 0 amide bonds. The van der Waals surface area contributed by atoms with Crippen molar-refractivity contribution in [3.05, 3.63) is 35.6 Å². The van der Waals surface area contributed by atoms with E-state index in [9.17, 15) is 4.39 Å². The number of aliphatic imine (C=N–C) groups is 1. The maximum Gasteiger partial charge on any atom is 0.219 e. The van der Waals surface area contributed by atoms with Gasteiger partial charge in [-0.3, -0.25) is 0 Å². The number of rotatable bonds is 2. The van der Waals surface area contributed by atoms with Crippen LogP contribution in [0.3, 0.4) is 0 Å². The quantitative estimate of drug-likeness (QED) is 0.730. The Labute approximate surface area is 88.8 Å². The molecule has 0 saturated heterocycles. The third-order valence-corrected chi connectivity index (χ3v) is 2.55. The normalized spacial score (nSPS) is 20.3. The number of halogens is 1. The molecule has 0 aliphatic carbocycles. The molecule has 0 radical (unpaired) electrons. The lowest BCUT2D eigenvalue weighted by Crippen LogP contribution is -2.13. The van der Waals surface area contributed by atoms with Crippen molar-refractivity contribution >= 4 is 5.90 Å². The lowest BCUT2D eigenvalue weighted by molar-refractivity contribution is 0.291. The summed E-state index contributed by atoms with van der Waals surface area (Å²) in [5.74, 6) is 0.585.